The van der Waals surface area contributed by atoms with Gasteiger partial charge in [-0.1, -0.05) is 32.9 Å². The number of ketones is 1. The van der Waals surface area contributed by atoms with E-state index in [1.807, 2.05) is 0 Å². The van der Waals surface area contributed by atoms with Gasteiger partial charge in [-0.05, 0) is 48.3 Å². The molecule has 1 aromatic rings. The monoisotopic (exact) mass is 257 g/mol. The van der Waals surface area contributed by atoms with Crippen LogP contribution in [0.1, 0.15) is 61.5 Å². The minimum absolute atomic E-state index is 0.0511. The van der Waals surface area contributed by atoms with Crippen LogP contribution < -0.4 is 5.32 Å². The summed E-state index contributed by atoms with van der Waals surface area (Å²) in [7, 11) is 0. The first-order valence-electron chi connectivity index (χ1n) is 7.39. The van der Waals surface area contributed by atoms with Crippen LogP contribution >= 0.6 is 0 Å². The normalized spacial score (nSPS) is 23.3. The first-order valence-corrected chi connectivity index (χ1v) is 7.39. The van der Waals surface area contributed by atoms with E-state index < -0.39 is 0 Å². The van der Waals surface area contributed by atoms with Crippen molar-refractivity contribution in [2.24, 2.45) is 0 Å². The summed E-state index contributed by atoms with van der Waals surface area (Å²) in [6, 6.07) is 7.11. The molecule has 0 aromatic heterocycles. The van der Waals surface area contributed by atoms with Gasteiger partial charge in [-0.3, -0.25) is 4.79 Å². The summed E-state index contributed by atoms with van der Waals surface area (Å²) in [6.07, 6.45) is 4.45. The number of hydrogen-bond acceptors (Lipinski definition) is 2. The van der Waals surface area contributed by atoms with E-state index in [9.17, 15) is 4.79 Å². The predicted molar refractivity (Wildman–Crippen MR) is 77.7 cm³/mol. The molecule has 1 atom stereocenters. The fraction of sp³-hybridized carbons (Fsp3) is 0.588. The molecule has 1 aromatic carbocycles. The molecule has 0 spiro atoms. The van der Waals surface area contributed by atoms with Gasteiger partial charge in [-0.15, -0.1) is 0 Å². The molecule has 3 rings (SSSR count). The van der Waals surface area contributed by atoms with E-state index in [-0.39, 0.29) is 11.5 Å². The molecule has 0 aliphatic heterocycles. The largest absolute Gasteiger partial charge is 0.304 e. The standard InChI is InChI=1S/C17H23NO/c1-17(2,3)12-6-4-11-5-9-15(18-13-7-8-13)16(19)14(11)10-12/h4,6,10,13,15,18H,5,7-9H2,1-3H3. The summed E-state index contributed by atoms with van der Waals surface area (Å²) < 4.78 is 0. The van der Waals surface area contributed by atoms with Crippen LogP contribution in [0.3, 0.4) is 0 Å². The number of nitrogens with one attached hydrogen (secondary N) is 1. The highest BCUT2D eigenvalue weighted by atomic mass is 16.1. The van der Waals surface area contributed by atoms with Crippen molar-refractivity contribution in [2.45, 2.75) is 64.0 Å². The third-order valence-corrected chi connectivity index (χ3v) is 4.27. The molecular weight excluding hydrogens is 234 g/mol. The van der Waals surface area contributed by atoms with Gasteiger partial charge in [0.1, 0.15) is 0 Å². The number of benzene rings is 1. The molecule has 1 fully saturated rings. The van der Waals surface area contributed by atoms with Crippen molar-refractivity contribution >= 4 is 5.78 Å². The second-order valence-electron chi connectivity index (χ2n) is 7.02. The summed E-state index contributed by atoms with van der Waals surface area (Å²) in [5.74, 6) is 0.305. The van der Waals surface area contributed by atoms with Crippen molar-refractivity contribution in [3.8, 4) is 0 Å². The molecule has 0 bridgehead atoms. The Morgan fingerprint density at radius 3 is 2.53 bits per heavy atom. The molecule has 0 amide bonds. The minimum Gasteiger partial charge on any atom is -0.304 e. The van der Waals surface area contributed by atoms with Crippen LogP contribution in [-0.2, 0) is 11.8 Å². The molecule has 0 saturated heterocycles. The number of carbonyl (C=O) groups excluding carboxylic acids is 1. The molecule has 102 valence electrons. The van der Waals surface area contributed by atoms with Gasteiger partial charge in [-0.2, -0.15) is 0 Å². The van der Waals surface area contributed by atoms with Gasteiger partial charge >= 0.3 is 0 Å². The first-order chi connectivity index (χ1) is 8.95. The Kier molecular flexibility index (Phi) is 3.01. The topological polar surface area (TPSA) is 29.1 Å². The fourth-order valence-corrected chi connectivity index (χ4v) is 2.80. The Labute approximate surface area is 115 Å². The molecular formula is C17H23NO. The van der Waals surface area contributed by atoms with Gasteiger partial charge in [0.15, 0.2) is 5.78 Å². The molecule has 19 heavy (non-hydrogen) atoms. The molecule has 1 N–H and O–H groups in total. The number of carbonyl (C=O) groups is 1. The van der Waals surface area contributed by atoms with E-state index in [2.05, 4.69) is 44.3 Å². The molecule has 0 heterocycles. The zero-order valence-electron chi connectivity index (χ0n) is 12.1. The van der Waals surface area contributed by atoms with E-state index in [1.54, 1.807) is 0 Å². The molecule has 2 heteroatoms. The lowest BCUT2D eigenvalue weighted by Crippen LogP contribution is -2.41. The van der Waals surface area contributed by atoms with Crippen molar-refractivity contribution in [3.63, 3.8) is 0 Å². The quantitative estimate of drug-likeness (QED) is 0.881. The summed E-state index contributed by atoms with van der Waals surface area (Å²) in [6.45, 7) is 6.59. The lowest BCUT2D eigenvalue weighted by atomic mass is 9.80. The summed E-state index contributed by atoms with van der Waals surface area (Å²) in [4.78, 5) is 12.6. The van der Waals surface area contributed by atoms with E-state index in [0.717, 1.165) is 18.4 Å². The fourth-order valence-electron chi connectivity index (χ4n) is 2.80. The molecule has 2 nitrogen and oxygen atoms in total. The number of Topliss-reactive ketones (excluding diaryl/α,β-unsaturated/α-hetero) is 1. The highest BCUT2D eigenvalue weighted by Gasteiger charge is 2.32. The second kappa shape index (κ2) is 4.45. The van der Waals surface area contributed by atoms with Crippen LogP contribution in [0.25, 0.3) is 0 Å². The third kappa shape index (κ3) is 2.59. The van der Waals surface area contributed by atoms with Gasteiger partial charge in [0.25, 0.3) is 0 Å². The van der Waals surface area contributed by atoms with Crippen molar-refractivity contribution in [1.82, 2.24) is 5.32 Å². The Morgan fingerprint density at radius 2 is 1.89 bits per heavy atom. The van der Waals surface area contributed by atoms with Crippen LogP contribution in [0.15, 0.2) is 18.2 Å². The molecule has 1 unspecified atom stereocenters. The van der Waals surface area contributed by atoms with Gasteiger partial charge < -0.3 is 5.32 Å². The van der Waals surface area contributed by atoms with Crippen molar-refractivity contribution in [2.75, 3.05) is 0 Å². The number of aryl methyl sites for hydroxylation is 1. The van der Waals surface area contributed by atoms with Gasteiger partial charge in [0.05, 0.1) is 6.04 Å². The summed E-state index contributed by atoms with van der Waals surface area (Å²) in [5.41, 5.74) is 3.54. The maximum absolute atomic E-state index is 12.6. The van der Waals surface area contributed by atoms with Gasteiger partial charge in [0.2, 0.25) is 0 Å². The minimum atomic E-state index is 0.0511. The van der Waals surface area contributed by atoms with E-state index in [1.165, 1.54) is 24.0 Å². The van der Waals surface area contributed by atoms with Crippen LogP contribution in [0, 0.1) is 0 Å². The Balaban J connectivity index is 1.89. The predicted octanol–water partition coefficient (Wildman–Crippen LogP) is 3.23. The van der Waals surface area contributed by atoms with Crippen LogP contribution in [0.4, 0.5) is 0 Å². The SMILES string of the molecule is CC(C)(C)c1ccc2c(c1)C(=O)C(NC1CC1)CC2. The Morgan fingerprint density at radius 1 is 1.16 bits per heavy atom. The molecule has 1 saturated carbocycles. The van der Waals surface area contributed by atoms with E-state index >= 15 is 0 Å². The zero-order chi connectivity index (χ0) is 13.6. The first kappa shape index (κ1) is 12.9. The number of hydrogen-bond donors (Lipinski definition) is 1. The zero-order valence-corrected chi connectivity index (χ0v) is 12.1. The molecule has 0 radical (unpaired) electrons. The summed E-state index contributed by atoms with van der Waals surface area (Å²) in [5, 5.41) is 3.49. The maximum Gasteiger partial charge on any atom is 0.180 e. The highest BCUT2D eigenvalue weighted by molar-refractivity contribution is 6.02. The van der Waals surface area contributed by atoms with Crippen LogP contribution in [0.5, 0.6) is 0 Å². The molecule has 2 aliphatic carbocycles. The third-order valence-electron chi connectivity index (χ3n) is 4.27. The second-order valence-corrected chi connectivity index (χ2v) is 7.02. The summed E-state index contributed by atoms with van der Waals surface area (Å²) >= 11 is 0. The van der Waals surface area contributed by atoms with Gasteiger partial charge in [0, 0.05) is 11.6 Å². The highest BCUT2D eigenvalue weighted by Crippen LogP contribution is 2.30. The van der Waals surface area contributed by atoms with Crippen LogP contribution in [-0.4, -0.2) is 17.9 Å². The smallest absolute Gasteiger partial charge is 0.180 e. The lowest BCUT2D eigenvalue weighted by molar-refractivity contribution is 0.0926. The maximum atomic E-state index is 12.6. The lowest BCUT2D eigenvalue weighted by Gasteiger charge is -2.27. The Bertz CT molecular complexity index is 508. The average molecular weight is 257 g/mol. The Hall–Kier alpha value is -1.15. The number of fused-ring (bicyclic) bond motifs is 1. The van der Waals surface area contributed by atoms with Gasteiger partial charge in [-0.25, -0.2) is 0 Å². The van der Waals surface area contributed by atoms with Crippen LogP contribution in [0.2, 0.25) is 0 Å². The molecule has 2 aliphatic rings. The van der Waals surface area contributed by atoms with Crippen molar-refractivity contribution in [1.29, 1.82) is 0 Å². The number of rotatable bonds is 2. The average Bonchev–Trinajstić information content (AvgIpc) is 3.15. The van der Waals surface area contributed by atoms with E-state index in [0.29, 0.717) is 11.8 Å². The van der Waals surface area contributed by atoms with E-state index in [4.69, 9.17) is 0 Å². The van der Waals surface area contributed by atoms with Crippen molar-refractivity contribution in [3.05, 3.63) is 34.9 Å². The van der Waals surface area contributed by atoms with Crippen molar-refractivity contribution < 1.29 is 4.79 Å².